The van der Waals surface area contributed by atoms with Crippen LogP contribution in [-0.4, -0.2) is 28.6 Å². The second-order valence-electron chi connectivity index (χ2n) is 5.22. The zero-order valence-electron chi connectivity index (χ0n) is 12.9. The van der Waals surface area contributed by atoms with Gasteiger partial charge in [0.15, 0.2) is 0 Å². The number of rotatable bonds is 7. The summed E-state index contributed by atoms with van der Waals surface area (Å²) in [7, 11) is 0. The zero-order valence-corrected chi connectivity index (χ0v) is 12.9. The van der Waals surface area contributed by atoms with Crippen LogP contribution < -0.4 is 10.8 Å². The van der Waals surface area contributed by atoms with Crippen molar-refractivity contribution >= 4 is 11.8 Å². The molecule has 7 heteroatoms. The van der Waals surface area contributed by atoms with Gasteiger partial charge in [-0.05, 0) is 36.2 Å². The van der Waals surface area contributed by atoms with Crippen molar-refractivity contribution in [2.45, 2.75) is 12.8 Å². The number of aromatic nitrogens is 1. The summed E-state index contributed by atoms with van der Waals surface area (Å²) in [6, 6.07) is 11.0. The van der Waals surface area contributed by atoms with Gasteiger partial charge in [0.25, 0.3) is 5.91 Å². The number of hydrogen-bond donors (Lipinski definition) is 3. The van der Waals surface area contributed by atoms with Gasteiger partial charge in [-0.25, -0.2) is 9.87 Å². The number of carbonyl (C=O) groups is 2. The van der Waals surface area contributed by atoms with Crippen LogP contribution in [0.5, 0.6) is 0 Å². The van der Waals surface area contributed by atoms with Crippen molar-refractivity contribution < 1.29 is 19.2 Å². The SMILES string of the molecule is O=C(NO)C(Cc1ccc(F)cc1)C(=O)NCCc1ccccn1. The van der Waals surface area contributed by atoms with Crippen LogP contribution in [0.3, 0.4) is 0 Å². The molecule has 1 unspecified atom stereocenters. The molecule has 0 aliphatic rings. The first-order valence-corrected chi connectivity index (χ1v) is 7.46. The lowest BCUT2D eigenvalue weighted by Gasteiger charge is -2.15. The summed E-state index contributed by atoms with van der Waals surface area (Å²) in [4.78, 5) is 28.1. The van der Waals surface area contributed by atoms with Crippen LogP contribution in [0.25, 0.3) is 0 Å². The molecule has 0 saturated heterocycles. The first-order chi connectivity index (χ1) is 11.6. The van der Waals surface area contributed by atoms with Crippen molar-refractivity contribution in [1.29, 1.82) is 0 Å². The van der Waals surface area contributed by atoms with Crippen LogP contribution in [0.4, 0.5) is 4.39 Å². The molecule has 0 aliphatic carbocycles. The first kappa shape index (κ1) is 17.6. The molecule has 0 bridgehead atoms. The number of halogens is 1. The second kappa shape index (κ2) is 8.73. The zero-order chi connectivity index (χ0) is 17.4. The summed E-state index contributed by atoms with van der Waals surface area (Å²) in [5.74, 6) is -2.83. The summed E-state index contributed by atoms with van der Waals surface area (Å²) in [5.41, 5.74) is 2.93. The maximum absolute atomic E-state index is 12.9. The van der Waals surface area contributed by atoms with Crippen molar-refractivity contribution in [3.8, 4) is 0 Å². The molecule has 2 aromatic rings. The van der Waals surface area contributed by atoms with Gasteiger partial charge in [0.05, 0.1) is 0 Å². The molecule has 126 valence electrons. The first-order valence-electron chi connectivity index (χ1n) is 7.46. The fourth-order valence-corrected chi connectivity index (χ4v) is 2.22. The number of amides is 2. The Morgan fingerprint density at radius 1 is 1.12 bits per heavy atom. The van der Waals surface area contributed by atoms with E-state index in [-0.39, 0.29) is 6.42 Å². The smallest absolute Gasteiger partial charge is 0.256 e. The third kappa shape index (κ3) is 5.13. The summed E-state index contributed by atoms with van der Waals surface area (Å²) in [6.07, 6.45) is 2.24. The Balaban J connectivity index is 1.94. The lowest BCUT2D eigenvalue weighted by Crippen LogP contribution is -2.42. The van der Waals surface area contributed by atoms with Gasteiger partial charge >= 0.3 is 0 Å². The molecule has 1 atom stereocenters. The third-order valence-corrected chi connectivity index (χ3v) is 3.50. The molecule has 0 spiro atoms. The van der Waals surface area contributed by atoms with E-state index < -0.39 is 23.5 Å². The highest BCUT2D eigenvalue weighted by molar-refractivity contribution is 6.00. The Morgan fingerprint density at radius 2 is 1.88 bits per heavy atom. The Morgan fingerprint density at radius 3 is 2.50 bits per heavy atom. The Kier molecular flexibility index (Phi) is 6.39. The van der Waals surface area contributed by atoms with E-state index in [2.05, 4.69) is 10.3 Å². The molecule has 24 heavy (non-hydrogen) atoms. The van der Waals surface area contributed by atoms with Crippen molar-refractivity contribution in [3.05, 3.63) is 65.7 Å². The van der Waals surface area contributed by atoms with E-state index in [1.807, 2.05) is 12.1 Å². The second-order valence-corrected chi connectivity index (χ2v) is 5.22. The summed E-state index contributed by atoms with van der Waals surface area (Å²) < 4.78 is 12.9. The van der Waals surface area contributed by atoms with Gasteiger partial charge in [-0.1, -0.05) is 18.2 Å². The van der Waals surface area contributed by atoms with Gasteiger partial charge < -0.3 is 5.32 Å². The van der Waals surface area contributed by atoms with E-state index in [1.54, 1.807) is 12.3 Å². The minimum atomic E-state index is -1.11. The Labute approximate surface area is 138 Å². The van der Waals surface area contributed by atoms with E-state index in [9.17, 15) is 14.0 Å². The summed E-state index contributed by atoms with van der Waals surface area (Å²) in [6.45, 7) is 0.314. The number of carbonyl (C=O) groups excluding carboxylic acids is 2. The van der Waals surface area contributed by atoms with Crippen LogP contribution >= 0.6 is 0 Å². The topological polar surface area (TPSA) is 91.3 Å². The van der Waals surface area contributed by atoms with Crippen LogP contribution in [-0.2, 0) is 22.4 Å². The fourth-order valence-electron chi connectivity index (χ4n) is 2.22. The molecule has 0 radical (unpaired) electrons. The Bertz CT molecular complexity index is 677. The average molecular weight is 331 g/mol. The van der Waals surface area contributed by atoms with E-state index in [4.69, 9.17) is 5.21 Å². The van der Waals surface area contributed by atoms with Crippen molar-refractivity contribution in [2.75, 3.05) is 6.54 Å². The summed E-state index contributed by atoms with van der Waals surface area (Å²) in [5, 5.41) is 11.5. The van der Waals surface area contributed by atoms with E-state index in [1.165, 1.54) is 29.7 Å². The van der Waals surface area contributed by atoms with Crippen LogP contribution in [0.1, 0.15) is 11.3 Å². The number of pyridine rings is 1. The van der Waals surface area contributed by atoms with Gasteiger partial charge in [-0.15, -0.1) is 0 Å². The van der Waals surface area contributed by atoms with E-state index >= 15 is 0 Å². The highest BCUT2D eigenvalue weighted by Gasteiger charge is 2.26. The summed E-state index contributed by atoms with van der Waals surface area (Å²) >= 11 is 0. The normalized spacial score (nSPS) is 11.6. The van der Waals surface area contributed by atoms with Gasteiger partial charge in [-0.3, -0.25) is 19.8 Å². The lowest BCUT2D eigenvalue weighted by atomic mass is 9.97. The van der Waals surface area contributed by atoms with Crippen molar-refractivity contribution in [1.82, 2.24) is 15.8 Å². The number of hydroxylamine groups is 1. The van der Waals surface area contributed by atoms with Gasteiger partial charge in [0.2, 0.25) is 5.91 Å². The minimum absolute atomic E-state index is 0.0576. The highest BCUT2D eigenvalue weighted by Crippen LogP contribution is 2.11. The number of nitrogens with one attached hydrogen (secondary N) is 2. The standard InChI is InChI=1S/C17H18FN3O3/c18-13-6-4-12(5-7-13)11-15(17(23)21-24)16(22)20-10-8-14-3-1-2-9-19-14/h1-7,9,15,24H,8,10-11H2,(H,20,22)(H,21,23). The maximum Gasteiger partial charge on any atom is 0.256 e. The maximum atomic E-state index is 12.9. The average Bonchev–Trinajstić information content (AvgIpc) is 2.61. The third-order valence-electron chi connectivity index (χ3n) is 3.50. The molecule has 6 nitrogen and oxygen atoms in total. The monoisotopic (exact) mass is 331 g/mol. The van der Waals surface area contributed by atoms with Gasteiger partial charge in [-0.2, -0.15) is 0 Å². The number of hydrogen-bond acceptors (Lipinski definition) is 4. The predicted molar refractivity (Wildman–Crippen MR) is 84.5 cm³/mol. The molecule has 1 aromatic carbocycles. The van der Waals surface area contributed by atoms with Gasteiger partial charge in [0.1, 0.15) is 11.7 Å². The molecule has 2 amide bonds. The predicted octanol–water partition coefficient (Wildman–Crippen LogP) is 1.24. The van der Waals surface area contributed by atoms with E-state index in [0.717, 1.165) is 5.69 Å². The van der Waals surface area contributed by atoms with Crippen LogP contribution in [0, 0.1) is 11.7 Å². The largest absolute Gasteiger partial charge is 0.355 e. The van der Waals surface area contributed by atoms with E-state index in [0.29, 0.717) is 18.5 Å². The van der Waals surface area contributed by atoms with Gasteiger partial charge in [0, 0.05) is 24.9 Å². The molecule has 0 fully saturated rings. The molecule has 1 heterocycles. The quantitative estimate of drug-likeness (QED) is 0.404. The van der Waals surface area contributed by atoms with Crippen molar-refractivity contribution in [2.24, 2.45) is 5.92 Å². The molecular weight excluding hydrogens is 313 g/mol. The molecule has 0 aliphatic heterocycles. The Hall–Kier alpha value is -2.80. The lowest BCUT2D eigenvalue weighted by molar-refractivity contribution is -0.140. The van der Waals surface area contributed by atoms with Crippen molar-refractivity contribution in [3.63, 3.8) is 0 Å². The molecule has 3 N–H and O–H groups in total. The molecule has 0 saturated carbocycles. The highest BCUT2D eigenvalue weighted by atomic mass is 19.1. The van der Waals surface area contributed by atoms with Crippen LogP contribution in [0.15, 0.2) is 48.7 Å². The fraction of sp³-hybridized carbons (Fsp3) is 0.235. The molecular formula is C17H18FN3O3. The number of benzene rings is 1. The molecule has 1 aromatic heterocycles. The minimum Gasteiger partial charge on any atom is -0.355 e. The molecule has 2 rings (SSSR count). The number of nitrogens with zero attached hydrogens (tertiary/aromatic N) is 1. The van der Waals surface area contributed by atoms with Crippen LogP contribution in [0.2, 0.25) is 0 Å².